The molecule has 5 heteroatoms. The Bertz CT molecular complexity index is 389. The average molecular weight is 285 g/mol. The fourth-order valence-electron chi connectivity index (χ4n) is 2.16. The first-order valence-electron chi connectivity index (χ1n) is 6.41. The van der Waals surface area contributed by atoms with Crippen LogP contribution in [0, 0.1) is 0 Å². The van der Waals surface area contributed by atoms with Gasteiger partial charge in [0.25, 0.3) is 0 Å². The highest BCUT2D eigenvalue weighted by atomic mass is 35.5. The summed E-state index contributed by atoms with van der Waals surface area (Å²) < 4.78 is 5.08. The van der Waals surface area contributed by atoms with E-state index in [2.05, 4.69) is 10.6 Å². The zero-order valence-electron chi connectivity index (χ0n) is 11.1. The summed E-state index contributed by atoms with van der Waals surface area (Å²) in [5.41, 5.74) is 1.01. The van der Waals surface area contributed by atoms with E-state index in [-0.39, 0.29) is 18.3 Å². The molecule has 1 aliphatic heterocycles. The third-order valence-electron chi connectivity index (χ3n) is 3.23. The van der Waals surface area contributed by atoms with E-state index in [1.165, 1.54) is 6.42 Å². The van der Waals surface area contributed by atoms with Crippen LogP contribution in [-0.2, 0) is 11.2 Å². The number of ether oxygens (including phenoxy) is 1. The third kappa shape index (κ3) is 5.09. The molecule has 106 valence electrons. The topological polar surface area (TPSA) is 50.4 Å². The summed E-state index contributed by atoms with van der Waals surface area (Å²) in [7, 11) is 1.64. The summed E-state index contributed by atoms with van der Waals surface area (Å²) in [4.78, 5) is 11.8. The molecule has 1 aromatic rings. The lowest BCUT2D eigenvalue weighted by molar-refractivity contribution is -0.120. The summed E-state index contributed by atoms with van der Waals surface area (Å²) in [6.07, 6.45) is 2.79. The predicted molar refractivity (Wildman–Crippen MR) is 78.0 cm³/mol. The molecule has 2 rings (SSSR count). The van der Waals surface area contributed by atoms with Gasteiger partial charge in [-0.3, -0.25) is 4.79 Å². The first-order chi connectivity index (χ1) is 8.78. The highest BCUT2D eigenvalue weighted by Gasteiger charge is 2.14. The fourth-order valence-corrected chi connectivity index (χ4v) is 2.16. The van der Waals surface area contributed by atoms with Crippen molar-refractivity contribution in [2.45, 2.75) is 25.3 Å². The zero-order chi connectivity index (χ0) is 12.8. The standard InChI is InChI=1S/C14H20N2O2.ClH/c1-18-13-6-4-11(5-7-13)9-14(17)16-10-12-3-2-8-15-12;/h4-7,12,15H,2-3,8-10H2,1H3,(H,16,17);1H. The number of nitrogens with one attached hydrogen (secondary N) is 2. The molecule has 0 bridgehead atoms. The second kappa shape index (κ2) is 8.02. The molecule has 1 atom stereocenters. The van der Waals surface area contributed by atoms with Gasteiger partial charge in [-0.2, -0.15) is 0 Å². The number of hydrogen-bond acceptors (Lipinski definition) is 3. The highest BCUT2D eigenvalue weighted by molar-refractivity contribution is 5.85. The van der Waals surface area contributed by atoms with E-state index in [9.17, 15) is 4.79 Å². The Labute approximate surface area is 120 Å². The van der Waals surface area contributed by atoms with Crippen LogP contribution in [-0.4, -0.2) is 32.1 Å². The number of carbonyl (C=O) groups excluding carboxylic acids is 1. The molecule has 1 unspecified atom stereocenters. The Kier molecular flexibility index (Phi) is 6.67. The Morgan fingerprint density at radius 1 is 1.42 bits per heavy atom. The minimum Gasteiger partial charge on any atom is -0.497 e. The number of benzene rings is 1. The molecule has 1 aromatic carbocycles. The van der Waals surface area contributed by atoms with E-state index in [0.717, 1.165) is 30.8 Å². The Morgan fingerprint density at radius 2 is 2.16 bits per heavy atom. The number of carbonyl (C=O) groups is 1. The van der Waals surface area contributed by atoms with Crippen molar-refractivity contribution in [3.8, 4) is 5.75 Å². The van der Waals surface area contributed by atoms with Gasteiger partial charge in [-0.15, -0.1) is 12.4 Å². The van der Waals surface area contributed by atoms with Gasteiger partial charge in [0.05, 0.1) is 13.5 Å². The molecule has 0 aliphatic carbocycles. The van der Waals surface area contributed by atoms with Crippen LogP contribution in [0.5, 0.6) is 5.75 Å². The van der Waals surface area contributed by atoms with E-state index >= 15 is 0 Å². The number of hydrogen-bond donors (Lipinski definition) is 2. The maximum absolute atomic E-state index is 11.8. The summed E-state index contributed by atoms with van der Waals surface area (Å²) in [6, 6.07) is 8.05. The second-order valence-electron chi connectivity index (χ2n) is 4.62. The smallest absolute Gasteiger partial charge is 0.224 e. The minimum atomic E-state index is 0. The first kappa shape index (κ1) is 15.8. The molecule has 19 heavy (non-hydrogen) atoms. The van der Waals surface area contributed by atoms with Crippen LogP contribution in [0.25, 0.3) is 0 Å². The normalized spacial score (nSPS) is 17.6. The predicted octanol–water partition coefficient (Wildman–Crippen LogP) is 1.53. The van der Waals surface area contributed by atoms with Crippen molar-refractivity contribution >= 4 is 18.3 Å². The molecule has 1 saturated heterocycles. The van der Waals surface area contributed by atoms with Gasteiger partial charge in [0.1, 0.15) is 5.75 Å². The highest BCUT2D eigenvalue weighted by Crippen LogP contribution is 2.11. The van der Waals surface area contributed by atoms with E-state index in [1.54, 1.807) is 7.11 Å². The van der Waals surface area contributed by atoms with Gasteiger partial charge >= 0.3 is 0 Å². The molecular weight excluding hydrogens is 264 g/mol. The zero-order valence-corrected chi connectivity index (χ0v) is 12.0. The summed E-state index contributed by atoms with van der Waals surface area (Å²) in [5.74, 6) is 0.892. The fraction of sp³-hybridized carbons (Fsp3) is 0.500. The van der Waals surface area contributed by atoms with Crippen LogP contribution in [0.1, 0.15) is 18.4 Å². The summed E-state index contributed by atoms with van der Waals surface area (Å²) >= 11 is 0. The molecule has 1 aliphatic rings. The minimum absolute atomic E-state index is 0. The molecule has 1 heterocycles. The number of amides is 1. The van der Waals surface area contributed by atoms with E-state index in [4.69, 9.17) is 4.74 Å². The number of halogens is 1. The van der Waals surface area contributed by atoms with Crippen molar-refractivity contribution in [2.75, 3.05) is 20.2 Å². The van der Waals surface area contributed by atoms with Crippen LogP contribution in [0.3, 0.4) is 0 Å². The van der Waals surface area contributed by atoms with Crippen LogP contribution in [0.4, 0.5) is 0 Å². The molecular formula is C14H21ClN2O2. The van der Waals surface area contributed by atoms with Crippen molar-refractivity contribution < 1.29 is 9.53 Å². The van der Waals surface area contributed by atoms with Gasteiger partial charge in [0.15, 0.2) is 0 Å². The molecule has 0 saturated carbocycles. The quantitative estimate of drug-likeness (QED) is 0.862. The lowest BCUT2D eigenvalue weighted by atomic mass is 10.1. The average Bonchev–Trinajstić information content (AvgIpc) is 2.90. The van der Waals surface area contributed by atoms with Crippen molar-refractivity contribution in [1.29, 1.82) is 0 Å². The van der Waals surface area contributed by atoms with Crippen LogP contribution in [0.15, 0.2) is 24.3 Å². The second-order valence-corrected chi connectivity index (χ2v) is 4.62. The van der Waals surface area contributed by atoms with Crippen molar-refractivity contribution in [3.05, 3.63) is 29.8 Å². The SMILES string of the molecule is COc1ccc(CC(=O)NCC2CCCN2)cc1.Cl. The van der Waals surface area contributed by atoms with Crippen LogP contribution < -0.4 is 15.4 Å². The monoisotopic (exact) mass is 284 g/mol. The molecule has 0 spiro atoms. The van der Waals surface area contributed by atoms with Crippen molar-refractivity contribution in [3.63, 3.8) is 0 Å². The maximum atomic E-state index is 11.8. The van der Waals surface area contributed by atoms with Crippen LogP contribution >= 0.6 is 12.4 Å². The summed E-state index contributed by atoms with van der Waals surface area (Å²) in [5, 5.41) is 6.33. The van der Waals surface area contributed by atoms with Gasteiger partial charge in [-0.05, 0) is 37.1 Å². The van der Waals surface area contributed by atoms with Crippen molar-refractivity contribution in [1.82, 2.24) is 10.6 Å². The Balaban J connectivity index is 0.00000180. The molecule has 4 nitrogen and oxygen atoms in total. The lowest BCUT2D eigenvalue weighted by Crippen LogP contribution is -2.37. The molecule has 0 aromatic heterocycles. The van der Waals surface area contributed by atoms with Crippen molar-refractivity contribution in [2.24, 2.45) is 0 Å². The van der Waals surface area contributed by atoms with Gasteiger partial charge in [0.2, 0.25) is 5.91 Å². The first-order valence-corrected chi connectivity index (χ1v) is 6.41. The van der Waals surface area contributed by atoms with Gasteiger partial charge in [-0.1, -0.05) is 12.1 Å². The van der Waals surface area contributed by atoms with Gasteiger partial charge < -0.3 is 15.4 Å². The Morgan fingerprint density at radius 3 is 2.74 bits per heavy atom. The van der Waals surface area contributed by atoms with Gasteiger partial charge in [-0.25, -0.2) is 0 Å². The molecule has 0 radical (unpaired) electrons. The van der Waals surface area contributed by atoms with Crippen LogP contribution in [0.2, 0.25) is 0 Å². The van der Waals surface area contributed by atoms with E-state index in [0.29, 0.717) is 12.5 Å². The Hall–Kier alpha value is -1.26. The number of rotatable bonds is 5. The third-order valence-corrected chi connectivity index (χ3v) is 3.23. The number of methoxy groups -OCH3 is 1. The van der Waals surface area contributed by atoms with E-state index in [1.807, 2.05) is 24.3 Å². The van der Waals surface area contributed by atoms with Gasteiger partial charge in [0, 0.05) is 12.6 Å². The lowest BCUT2D eigenvalue weighted by Gasteiger charge is -2.11. The molecule has 2 N–H and O–H groups in total. The summed E-state index contributed by atoms with van der Waals surface area (Å²) in [6.45, 7) is 1.80. The maximum Gasteiger partial charge on any atom is 0.224 e. The molecule has 1 fully saturated rings. The largest absolute Gasteiger partial charge is 0.497 e. The molecule has 1 amide bonds. The van der Waals surface area contributed by atoms with E-state index < -0.39 is 0 Å².